The topological polar surface area (TPSA) is 122 Å². The molecule has 1 aliphatic rings. The molecule has 1 unspecified atom stereocenters. The monoisotopic (exact) mass is 273 g/mol. The molecule has 0 spiro atoms. The Hall–Kier alpha value is -1.83. The molecule has 0 aromatic rings. The highest BCUT2D eigenvalue weighted by atomic mass is 16.5. The van der Waals surface area contributed by atoms with Crippen molar-refractivity contribution in [3.8, 4) is 0 Å². The molecule has 4 N–H and O–H groups in total. The van der Waals surface area contributed by atoms with Crippen LogP contribution in [-0.2, 0) is 14.3 Å². The minimum absolute atomic E-state index is 0.0441. The summed E-state index contributed by atoms with van der Waals surface area (Å²) in [7, 11) is 0. The molecule has 8 heteroatoms. The van der Waals surface area contributed by atoms with Gasteiger partial charge in [0.05, 0.1) is 13.2 Å². The second-order valence-electron chi connectivity index (χ2n) is 4.30. The Bertz CT molecular complexity index is 347. The largest absolute Gasteiger partial charge is 0.479 e. The van der Waals surface area contributed by atoms with E-state index in [1.807, 2.05) is 0 Å². The zero-order valence-corrected chi connectivity index (χ0v) is 10.6. The molecule has 1 saturated heterocycles. The first kappa shape index (κ1) is 15.2. The third-order valence-electron chi connectivity index (χ3n) is 2.76. The van der Waals surface area contributed by atoms with Gasteiger partial charge in [-0.3, -0.25) is 4.79 Å². The number of nitrogens with one attached hydrogen (secondary N) is 1. The molecule has 0 radical (unpaired) electrons. The fourth-order valence-electron chi connectivity index (χ4n) is 1.71. The Morgan fingerprint density at radius 2 is 2.11 bits per heavy atom. The third kappa shape index (κ3) is 5.56. The minimum Gasteiger partial charge on any atom is -0.479 e. The lowest BCUT2D eigenvalue weighted by molar-refractivity contribution is -0.154. The molecule has 0 aromatic carbocycles. The molecule has 1 rings (SSSR count). The second-order valence-corrected chi connectivity index (χ2v) is 4.30. The van der Waals surface area contributed by atoms with E-state index in [0.717, 1.165) is 0 Å². The quantitative estimate of drug-likeness (QED) is 0.543. The van der Waals surface area contributed by atoms with Gasteiger partial charge in [-0.1, -0.05) is 0 Å². The first-order valence-corrected chi connectivity index (χ1v) is 6.16. The lowest BCUT2D eigenvalue weighted by Gasteiger charge is -2.30. The Morgan fingerprint density at radius 1 is 1.37 bits per heavy atom. The summed E-state index contributed by atoms with van der Waals surface area (Å²) >= 11 is 0. The van der Waals surface area contributed by atoms with Gasteiger partial charge < -0.3 is 25.8 Å². The smallest absolute Gasteiger partial charge is 0.334 e. The van der Waals surface area contributed by atoms with Crippen LogP contribution >= 0.6 is 0 Å². The highest BCUT2D eigenvalue weighted by Gasteiger charge is 2.28. The van der Waals surface area contributed by atoms with E-state index in [0.29, 0.717) is 32.4 Å². The van der Waals surface area contributed by atoms with Crippen LogP contribution in [0.5, 0.6) is 0 Å². The van der Waals surface area contributed by atoms with Gasteiger partial charge in [0, 0.05) is 19.5 Å². The number of nitrogens with two attached hydrogens (primary N) is 1. The molecular weight excluding hydrogens is 254 g/mol. The predicted molar refractivity (Wildman–Crippen MR) is 65.4 cm³/mol. The van der Waals surface area contributed by atoms with Crippen molar-refractivity contribution in [3.63, 3.8) is 0 Å². The van der Waals surface area contributed by atoms with Crippen LogP contribution in [0.4, 0.5) is 4.79 Å². The lowest BCUT2D eigenvalue weighted by Crippen LogP contribution is -2.51. The number of primary amides is 1. The van der Waals surface area contributed by atoms with Gasteiger partial charge in [0.2, 0.25) is 5.91 Å². The predicted octanol–water partition coefficient (Wildman–Crippen LogP) is -0.863. The first-order chi connectivity index (χ1) is 9.00. The van der Waals surface area contributed by atoms with Crippen molar-refractivity contribution in [2.75, 3.05) is 26.2 Å². The number of carboxylic acid groups (broad SMARTS) is 1. The fourth-order valence-corrected chi connectivity index (χ4v) is 1.71. The summed E-state index contributed by atoms with van der Waals surface area (Å²) in [6.07, 6.45) is 0.612. The van der Waals surface area contributed by atoms with Crippen molar-refractivity contribution in [2.45, 2.75) is 25.4 Å². The summed E-state index contributed by atoms with van der Waals surface area (Å²) in [5.41, 5.74) is 4.99. The van der Waals surface area contributed by atoms with E-state index in [9.17, 15) is 14.4 Å². The number of morpholine rings is 1. The van der Waals surface area contributed by atoms with E-state index in [1.165, 1.54) is 4.90 Å². The fraction of sp³-hybridized carbons (Fsp3) is 0.727. The van der Waals surface area contributed by atoms with Crippen molar-refractivity contribution in [1.82, 2.24) is 10.2 Å². The molecule has 1 aliphatic heterocycles. The van der Waals surface area contributed by atoms with Crippen molar-refractivity contribution in [2.24, 2.45) is 5.73 Å². The Labute approximate surface area is 110 Å². The van der Waals surface area contributed by atoms with Crippen LogP contribution in [0.2, 0.25) is 0 Å². The Morgan fingerprint density at radius 3 is 2.74 bits per heavy atom. The number of ether oxygens (including phenoxy) is 1. The van der Waals surface area contributed by atoms with Crippen LogP contribution in [0.1, 0.15) is 19.3 Å². The molecular formula is C11H19N3O5. The van der Waals surface area contributed by atoms with Crippen LogP contribution in [0.3, 0.4) is 0 Å². The maximum Gasteiger partial charge on any atom is 0.334 e. The number of unbranched alkanes of at least 4 members (excludes halogenated alkanes) is 1. The zero-order chi connectivity index (χ0) is 14.3. The van der Waals surface area contributed by atoms with E-state index in [-0.39, 0.29) is 25.1 Å². The van der Waals surface area contributed by atoms with Gasteiger partial charge in [0.1, 0.15) is 0 Å². The summed E-state index contributed by atoms with van der Waals surface area (Å²) in [6.45, 7) is 1.06. The van der Waals surface area contributed by atoms with Crippen molar-refractivity contribution < 1.29 is 24.2 Å². The second kappa shape index (κ2) is 7.57. The molecule has 0 aliphatic carbocycles. The van der Waals surface area contributed by atoms with Gasteiger partial charge in [0.15, 0.2) is 6.10 Å². The number of carbonyl (C=O) groups excluding carboxylic acids is 2. The van der Waals surface area contributed by atoms with Gasteiger partial charge in [-0.2, -0.15) is 0 Å². The molecule has 8 nitrogen and oxygen atoms in total. The molecule has 1 atom stereocenters. The number of amides is 3. The maximum absolute atomic E-state index is 11.7. The number of carbonyl (C=O) groups is 3. The molecule has 1 fully saturated rings. The van der Waals surface area contributed by atoms with E-state index < -0.39 is 12.1 Å². The minimum atomic E-state index is -1.07. The van der Waals surface area contributed by atoms with Crippen molar-refractivity contribution in [1.29, 1.82) is 0 Å². The summed E-state index contributed by atoms with van der Waals surface area (Å²) in [6, 6.07) is -0.311. The van der Waals surface area contributed by atoms with E-state index in [4.69, 9.17) is 15.6 Å². The van der Waals surface area contributed by atoms with E-state index in [1.54, 1.807) is 0 Å². The van der Waals surface area contributed by atoms with Gasteiger partial charge in [-0.25, -0.2) is 9.59 Å². The first-order valence-electron chi connectivity index (χ1n) is 6.16. The Balaban J connectivity index is 2.21. The average Bonchev–Trinajstić information content (AvgIpc) is 2.37. The summed E-state index contributed by atoms with van der Waals surface area (Å²) in [5.74, 6) is -1.43. The van der Waals surface area contributed by atoms with Gasteiger partial charge in [-0.05, 0) is 12.8 Å². The lowest BCUT2D eigenvalue weighted by atomic mass is 10.2. The molecule has 108 valence electrons. The number of nitrogens with zero attached hydrogens (tertiary/aromatic N) is 1. The number of aliphatic carboxylic acids is 1. The standard InChI is InChI=1S/C11H19N3O5/c12-9(15)3-1-2-4-13-11(18)14-5-6-19-8(7-14)10(16)17/h8H,1-7H2,(H2,12,15)(H,13,18)(H,16,17). The molecule has 3 amide bonds. The molecule has 1 heterocycles. The number of carboxylic acids is 1. The van der Waals surface area contributed by atoms with Crippen LogP contribution in [0, 0.1) is 0 Å². The van der Waals surface area contributed by atoms with Crippen LogP contribution in [0.25, 0.3) is 0 Å². The normalized spacial score (nSPS) is 18.9. The number of urea groups is 1. The molecule has 0 bridgehead atoms. The number of rotatable bonds is 6. The SMILES string of the molecule is NC(=O)CCCCNC(=O)N1CCOC(C(=O)O)C1. The van der Waals surface area contributed by atoms with Gasteiger partial charge in [-0.15, -0.1) is 0 Å². The van der Waals surface area contributed by atoms with Crippen molar-refractivity contribution >= 4 is 17.9 Å². The maximum atomic E-state index is 11.7. The molecule has 0 saturated carbocycles. The number of hydrogen-bond acceptors (Lipinski definition) is 4. The molecule has 19 heavy (non-hydrogen) atoms. The van der Waals surface area contributed by atoms with E-state index in [2.05, 4.69) is 5.32 Å². The molecule has 0 aromatic heterocycles. The highest BCUT2D eigenvalue weighted by Crippen LogP contribution is 2.05. The summed E-state index contributed by atoms with van der Waals surface area (Å²) < 4.78 is 5.02. The van der Waals surface area contributed by atoms with E-state index >= 15 is 0 Å². The van der Waals surface area contributed by atoms with Crippen LogP contribution in [0.15, 0.2) is 0 Å². The van der Waals surface area contributed by atoms with Crippen LogP contribution in [-0.4, -0.2) is 60.3 Å². The summed E-state index contributed by atoms with van der Waals surface area (Å²) in [4.78, 5) is 34.4. The van der Waals surface area contributed by atoms with Gasteiger partial charge >= 0.3 is 12.0 Å². The average molecular weight is 273 g/mol. The summed E-state index contributed by atoms with van der Waals surface area (Å²) in [5, 5.41) is 11.5. The van der Waals surface area contributed by atoms with Crippen LogP contribution < -0.4 is 11.1 Å². The third-order valence-corrected chi connectivity index (χ3v) is 2.76. The Kier molecular flexibility index (Phi) is 6.07. The van der Waals surface area contributed by atoms with Crippen molar-refractivity contribution in [3.05, 3.63) is 0 Å². The highest BCUT2D eigenvalue weighted by molar-refractivity contribution is 5.77. The zero-order valence-electron chi connectivity index (χ0n) is 10.6. The number of hydrogen-bond donors (Lipinski definition) is 3. The van der Waals surface area contributed by atoms with Gasteiger partial charge in [0.25, 0.3) is 0 Å².